The lowest BCUT2D eigenvalue weighted by atomic mass is 9.96. The van der Waals surface area contributed by atoms with Crippen molar-refractivity contribution >= 4 is 29.4 Å². The van der Waals surface area contributed by atoms with Gasteiger partial charge in [-0.05, 0) is 81.1 Å². The molecule has 1 saturated heterocycles. The van der Waals surface area contributed by atoms with E-state index < -0.39 is 11.6 Å². The molecule has 2 aliphatic rings. The highest BCUT2D eigenvalue weighted by Crippen LogP contribution is 2.34. The van der Waals surface area contributed by atoms with Crippen molar-refractivity contribution in [3.05, 3.63) is 70.4 Å². The summed E-state index contributed by atoms with van der Waals surface area (Å²) in [4.78, 5) is 20.3. The maximum Gasteiger partial charge on any atom is 0.258 e. The van der Waals surface area contributed by atoms with Crippen LogP contribution in [0.25, 0.3) is 11.7 Å². The number of thioether (sulfide) groups is 1. The average molecular weight is 469 g/mol. The first kappa shape index (κ1) is 22.1. The second-order valence-electron chi connectivity index (χ2n) is 8.69. The molecular formula is C25H26F2N4OS. The van der Waals surface area contributed by atoms with Crippen LogP contribution in [-0.2, 0) is 11.2 Å². The third-order valence-electron chi connectivity index (χ3n) is 6.43. The zero-order valence-corrected chi connectivity index (χ0v) is 19.1. The number of hydrogen-bond donors (Lipinski definition) is 1. The largest absolute Gasteiger partial charge is 0.351 e. The van der Waals surface area contributed by atoms with Crippen molar-refractivity contribution in [2.24, 2.45) is 5.92 Å². The smallest absolute Gasteiger partial charge is 0.258 e. The van der Waals surface area contributed by atoms with Gasteiger partial charge in [0.15, 0.2) is 0 Å². The van der Waals surface area contributed by atoms with E-state index in [0.29, 0.717) is 29.4 Å². The highest BCUT2D eigenvalue weighted by molar-refractivity contribution is 8.04. The summed E-state index contributed by atoms with van der Waals surface area (Å²) in [5, 5.41) is 4.12. The minimum absolute atomic E-state index is 0.0341. The third kappa shape index (κ3) is 4.96. The van der Waals surface area contributed by atoms with Gasteiger partial charge in [0.2, 0.25) is 0 Å². The summed E-state index contributed by atoms with van der Waals surface area (Å²) in [5.74, 6) is -0.569. The van der Waals surface area contributed by atoms with Gasteiger partial charge in [-0.15, -0.1) is 0 Å². The normalized spacial score (nSPS) is 16.7. The molecule has 0 aliphatic carbocycles. The summed E-state index contributed by atoms with van der Waals surface area (Å²) in [6, 6.07) is 9.72. The van der Waals surface area contributed by atoms with Crippen molar-refractivity contribution in [2.45, 2.75) is 30.7 Å². The molecule has 33 heavy (non-hydrogen) atoms. The first-order valence-electron chi connectivity index (χ1n) is 11.4. The fourth-order valence-corrected chi connectivity index (χ4v) is 5.56. The van der Waals surface area contributed by atoms with E-state index in [9.17, 15) is 13.6 Å². The number of pyridine rings is 1. The van der Waals surface area contributed by atoms with Crippen LogP contribution in [0.15, 0.2) is 52.5 Å². The first-order chi connectivity index (χ1) is 16.1. The van der Waals surface area contributed by atoms with E-state index in [1.165, 1.54) is 23.9 Å². The minimum Gasteiger partial charge on any atom is -0.351 e. The molecule has 0 atom stereocenters. The van der Waals surface area contributed by atoms with Crippen LogP contribution in [0.4, 0.5) is 8.78 Å². The predicted molar refractivity (Wildman–Crippen MR) is 126 cm³/mol. The monoisotopic (exact) mass is 468 g/mol. The lowest BCUT2D eigenvalue weighted by Crippen LogP contribution is -2.39. The molecule has 0 unspecified atom stereocenters. The van der Waals surface area contributed by atoms with Gasteiger partial charge < -0.3 is 10.2 Å². The number of hydrogen-bond acceptors (Lipinski definition) is 4. The van der Waals surface area contributed by atoms with Crippen LogP contribution in [0.5, 0.6) is 0 Å². The molecule has 1 N–H and O–H groups in total. The third-order valence-corrected chi connectivity index (χ3v) is 7.48. The molecule has 1 aromatic carbocycles. The number of likely N-dealkylation sites (tertiary alicyclic amines) is 1. The fraction of sp³-hybridized carbons (Fsp3) is 0.360. The maximum absolute atomic E-state index is 13.8. The van der Waals surface area contributed by atoms with Crippen molar-refractivity contribution in [1.29, 1.82) is 0 Å². The van der Waals surface area contributed by atoms with Gasteiger partial charge in [0, 0.05) is 12.6 Å². The molecule has 8 heteroatoms. The molecule has 1 fully saturated rings. The van der Waals surface area contributed by atoms with Gasteiger partial charge in [-0.1, -0.05) is 23.9 Å². The second-order valence-corrected chi connectivity index (χ2v) is 9.75. The van der Waals surface area contributed by atoms with Gasteiger partial charge in [0.1, 0.15) is 17.3 Å². The first-order valence-corrected chi connectivity index (χ1v) is 12.2. The zero-order chi connectivity index (χ0) is 22.8. The Morgan fingerprint density at radius 1 is 1.18 bits per heavy atom. The lowest BCUT2D eigenvalue weighted by molar-refractivity contribution is -0.117. The number of carbonyl (C=O) groups excluding carboxylic acids is 1. The summed E-state index contributed by atoms with van der Waals surface area (Å²) in [6.07, 6.45) is 7.22. The van der Waals surface area contributed by atoms with Crippen molar-refractivity contribution in [1.82, 2.24) is 19.6 Å². The lowest BCUT2D eigenvalue weighted by Gasteiger charge is -2.32. The molecule has 0 bridgehead atoms. The van der Waals surface area contributed by atoms with E-state index in [2.05, 4.69) is 19.6 Å². The molecule has 0 saturated carbocycles. The Labute approximate surface area is 195 Å². The zero-order valence-electron chi connectivity index (χ0n) is 18.3. The van der Waals surface area contributed by atoms with Gasteiger partial charge >= 0.3 is 0 Å². The Balaban J connectivity index is 1.05. The Morgan fingerprint density at radius 2 is 2.03 bits per heavy atom. The number of aromatic nitrogens is 2. The van der Waals surface area contributed by atoms with Crippen molar-refractivity contribution < 1.29 is 13.6 Å². The number of carbonyl (C=O) groups is 1. The molecule has 5 nitrogen and oxygen atoms in total. The van der Waals surface area contributed by atoms with Crippen LogP contribution >= 0.6 is 11.8 Å². The number of nitrogens with zero attached hydrogens (tertiary/aromatic N) is 3. The standard InChI is InChI=1S/C25H26F2N4OS/c26-19-7-6-18(21(27)13-19)3-2-10-30-11-8-17(9-12-30)15-29-25(32)22-14-20-16-28-23-4-1-5-24(33-22)31(20)23/h1,4-7,13-14,16-17H,2-3,8-12,15H2,(H,29,32). The molecule has 2 aromatic heterocycles. The van der Waals surface area contributed by atoms with E-state index in [4.69, 9.17) is 0 Å². The number of rotatable bonds is 7. The SMILES string of the molecule is O=C(NCC1CCN(CCCc2ccc(F)cc2F)CC1)C1=Cc2cnc3cccc(n23)S1. The fourth-order valence-electron chi connectivity index (χ4n) is 4.55. The number of piperidine rings is 1. The summed E-state index contributed by atoms with van der Waals surface area (Å²) in [7, 11) is 0. The van der Waals surface area contributed by atoms with Gasteiger partial charge in [0.25, 0.3) is 5.91 Å². The number of imidazole rings is 1. The van der Waals surface area contributed by atoms with E-state index in [1.54, 1.807) is 6.20 Å². The molecule has 2 aliphatic heterocycles. The Morgan fingerprint density at radius 3 is 2.85 bits per heavy atom. The van der Waals surface area contributed by atoms with Crippen molar-refractivity contribution in [2.75, 3.05) is 26.2 Å². The van der Waals surface area contributed by atoms with Crippen LogP contribution in [0, 0.1) is 17.6 Å². The van der Waals surface area contributed by atoms with E-state index in [0.717, 1.165) is 61.3 Å². The Hall–Kier alpha value is -2.71. The second kappa shape index (κ2) is 9.65. The topological polar surface area (TPSA) is 49.6 Å². The number of nitrogens with one attached hydrogen (secondary N) is 1. The van der Waals surface area contributed by atoms with Gasteiger partial charge in [-0.25, -0.2) is 13.8 Å². The molecule has 3 aromatic rings. The molecule has 172 valence electrons. The number of benzene rings is 1. The highest BCUT2D eigenvalue weighted by Gasteiger charge is 2.23. The summed E-state index contributed by atoms with van der Waals surface area (Å²) >= 11 is 1.47. The molecule has 4 heterocycles. The molecule has 0 radical (unpaired) electrons. The summed E-state index contributed by atoms with van der Waals surface area (Å²) in [5.41, 5.74) is 2.39. The van der Waals surface area contributed by atoms with E-state index in [-0.39, 0.29) is 5.91 Å². The average Bonchev–Trinajstić information content (AvgIpc) is 3.24. The van der Waals surface area contributed by atoms with Crippen molar-refractivity contribution in [3.63, 3.8) is 0 Å². The highest BCUT2D eigenvalue weighted by atomic mass is 32.2. The van der Waals surface area contributed by atoms with Crippen LogP contribution in [0.3, 0.4) is 0 Å². The van der Waals surface area contributed by atoms with Crippen LogP contribution in [0.2, 0.25) is 0 Å². The maximum atomic E-state index is 13.8. The van der Waals surface area contributed by atoms with Crippen molar-refractivity contribution in [3.8, 4) is 0 Å². The van der Waals surface area contributed by atoms with Gasteiger partial charge in [-0.3, -0.25) is 9.20 Å². The van der Waals surface area contributed by atoms with E-state index >= 15 is 0 Å². The van der Waals surface area contributed by atoms with Crippen LogP contribution < -0.4 is 5.32 Å². The van der Waals surface area contributed by atoms with E-state index in [1.807, 2.05) is 24.3 Å². The number of aryl methyl sites for hydroxylation is 1. The number of amides is 1. The minimum atomic E-state index is -0.534. The molecule has 5 rings (SSSR count). The predicted octanol–water partition coefficient (Wildman–Crippen LogP) is 4.52. The van der Waals surface area contributed by atoms with Gasteiger partial charge in [-0.2, -0.15) is 0 Å². The Bertz CT molecular complexity index is 1200. The quantitative estimate of drug-likeness (QED) is 0.554. The van der Waals surface area contributed by atoms with Crippen LogP contribution in [0.1, 0.15) is 30.5 Å². The molecule has 0 spiro atoms. The number of halogens is 2. The Kier molecular flexibility index (Phi) is 6.46. The molecule has 1 amide bonds. The summed E-state index contributed by atoms with van der Waals surface area (Å²) < 4.78 is 28.8. The van der Waals surface area contributed by atoms with Gasteiger partial charge in [0.05, 0.1) is 21.8 Å². The molecular weight excluding hydrogens is 442 g/mol. The van der Waals surface area contributed by atoms with Crippen LogP contribution in [-0.4, -0.2) is 46.4 Å². The summed E-state index contributed by atoms with van der Waals surface area (Å²) in [6.45, 7) is 3.53.